The van der Waals surface area contributed by atoms with Gasteiger partial charge in [-0.25, -0.2) is 4.39 Å². The molecule has 1 nitrogen and oxygen atoms in total. The molecule has 19 heavy (non-hydrogen) atoms. The average molecular weight is 321 g/mol. The van der Waals surface area contributed by atoms with Gasteiger partial charge in [-0.15, -0.1) is 11.6 Å². The molecule has 0 fully saturated rings. The SMILES string of the molecule is CN(C)c1cc(C2C(Cl)=CC(Cl)=CC2Cl)ccc1F. The van der Waals surface area contributed by atoms with Crippen LogP contribution in [0.5, 0.6) is 0 Å². The Morgan fingerprint density at radius 3 is 2.47 bits per heavy atom. The molecule has 0 saturated heterocycles. The molecule has 1 aromatic carbocycles. The van der Waals surface area contributed by atoms with Gasteiger partial charge in [-0.05, 0) is 29.8 Å². The van der Waals surface area contributed by atoms with Crippen LogP contribution in [0.4, 0.5) is 10.1 Å². The fraction of sp³-hybridized carbons (Fsp3) is 0.286. The van der Waals surface area contributed by atoms with E-state index >= 15 is 0 Å². The van der Waals surface area contributed by atoms with Crippen LogP contribution < -0.4 is 4.90 Å². The number of anilines is 1. The van der Waals surface area contributed by atoms with Gasteiger partial charge in [0.15, 0.2) is 0 Å². The summed E-state index contributed by atoms with van der Waals surface area (Å²) < 4.78 is 13.7. The molecule has 2 unspecified atom stereocenters. The number of allylic oxidation sites excluding steroid dienone is 4. The Hall–Kier alpha value is -0.700. The zero-order chi connectivity index (χ0) is 14.2. The first-order valence-electron chi connectivity index (χ1n) is 5.75. The van der Waals surface area contributed by atoms with Gasteiger partial charge < -0.3 is 4.90 Å². The normalized spacial score (nSPS) is 22.8. The number of alkyl halides is 1. The van der Waals surface area contributed by atoms with Gasteiger partial charge in [-0.1, -0.05) is 29.3 Å². The summed E-state index contributed by atoms with van der Waals surface area (Å²) in [6, 6.07) is 4.89. The number of halogens is 4. The second kappa shape index (κ2) is 5.74. The first-order chi connectivity index (χ1) is 8.90. The zero-order valence-electron chi connectivity index (χ0n) is 10.5. The first kappa shape index (κ1) is 14.7. The maximum Gasteiger partial charge on any atom is 0.146 e. The summed E-state index contributed by atoms with van der Waals surface area (Å²) in [5, 5.41) is 0.741. The van der Waals surface area contributed by atoms with E-state index in [4.69, 9.17) is 34.8 Å². The molecule has 5 heteroatoms. The smallest absolute Gasteiger partial charge is 0.146 e. The second-order valence-corrected chi connectivity index (χ2v) is 5.98. The summed E-state index contributed by atoms with van der Waals surface area (Å²) in [6.07, 6.45) is 3.41. The summed E-state index contributed by atoms with van der Waals surface area (Å²) in [4.78, 5) is 1.71. The second-order valence-electron chi connectivity index (χ2n) is 4.61. The summed E-state index contributed by atoms with van der Waals surface area (Å²) in [6.45, 7) is 0. The lowest BCUT2D eigenvalue weighted by molar-refractivity contribution is 0.624. The van der Waals surface area contributed by atoms with Crippen LogP contribution in [-0.4, -0.2) is 19.5 Å². The van der Waals surface area contributed by atoms with Gasteiger partial charge in [0.2, 0.25) is 0 Å². The number of hydrogen-bond donors (Lipinski definition) is 0. The standard InChI is InChI=1S/C14H13Cl3FN/c1-19(2)13-5-8(3-4-12(13)18)14-10(16)6-9(15)7-11(14)17/h3-7,10,14H,1-2H3. The first-order valence-corrected chi connectivity index (χ1v) is 6.94. The van der Waals surface area contributed by atoms with Crippen molar-refractivity contribution in [1.82, 2.24) is 0 Å². The van der Waals surface area contributed by atoms with Crippen molar-refractivity contribution in [2.45, 2.75) is 11.3 Å². The van der Waals surface area contributed by atoms with Crippen LogP contribution in [0.3, 0.4) is 0 Å². The van der Waals surface area contributed by atoms with Gasteiger partial charge in [0.25, 0.3) is 0 Å². The van der Waals surface area contributed by atoms with E-state index in [0.717, 1.165) is 5.56 Å². The minimum Gasteiger partial charge on any atom is -0.375 e. The molecule has 102 valence electrons. The largest absolute Gasteiger partial charge is 0.375 e. The molecule has 0 spiro atoms. The fourth-order valence-electron chi connectivity index (χ4n) is 2.08. The Balaban J connectivity index is 2.43. The lowest BCUT2D eigenvalue weighted by Gasteiger charge is -2.25. The molecular weight excluding hydrogens is 308 g/mol. The van der Waals surface area contributed by atoms with Crippen molar-refractivity contribution < 1.29 is 4.39 Å². The van der Waals surface area contributed by atoms with E-state index < -0.39 is 0 Å². The van der Waals surface area contributed by atoms with E-state index in [1.807, 2.05) is 0 Å². The Kier molecular flexibility index (Phi) is 4.44. The molecule has 2 atom stereocenters. The van der Waals surface area contributed by atoms with Crippen molar-refractivity contribution in [2.24, 2.45) is 0 Å². The highest BCUT2D eigenvalue weighted by Crippen LogP contribution is 2.40. The fourth-order valence-corrected chi connectivity index (χ4v) is 3.31. The Bertz CT molecular complexity index is 552. The van der Waals surface area contributed by atoms with Crippen LogP contribution in [0.1, 0.15) is 11.5 Å². The van der Waals surface area contributed by atoms with E-state index in [9.17, 15) is 4.39 Å². The van der Waals surface area contributed by atoms with Crippen molar-refractivity contribution in [3.63, 3.8) is 0 Å². The quantitative estimate of drug-likeness (QED) is 0.705. The zero-order valence-corrected chi connectivity index (χ0v) is 12.8. The molecule has 1 aromatic rings. The van der Waals surface area contributed by atoms with Crippen molar-refractivity contribution >= 4 is 40.5 Å². The molecule has 2 rings (SSSR count). The molecule has 0 heterocycles. The lowest BCUT2D eigenvalue weighted by Crippen LogP contribution is -2.16. The average Bonchev–Trinajstić information content (AvgIpc) is 2.29. The van der Waals surface area contributed by atoms with E-state index in [2.05, 4.69) is 0 Å². The molecule has 0 saturated carbocycles. The topological polar surface area (TPSA) is 3.24 Å². The van der Waals surface area contributed by atoms with Gasteiger partial charge in [0.05, 0.1) is 11.1 Å². The maximum absolute atomic E-state index is 13.7. The van der Waals surface area contributed by atoms with Crippen LogP contribution >= 0.6 is 34.8 Å². The number of rotatable bonds is 2. The van der Waals surface area contributed by atoms with Gasteiger partial charge in [0.1, 0.15) is 5.82 Å². The van der Waals surface area contributed by atoms with Crippen molar-refractivity contribution in [3.05, 3.63) is 51.8 Å². The molecule has 1 aliphatic carbocycles. The summed E-state index contributed by atoms with van der Waals surface area (Å²) in [5.74, 6) is -0.477. The minimum absolute atomic E-state index is 0.204. The molecule has 0 aromatic heterocycles. The third-order valence-electron chi connectivity index (χ3n) is 3.02. The number of hydrogen-bond acceptors (Lipinski definition) is 1. The monoisotopic (exact) mass is 319 g/mol. The summed E-state index contributed by atoms with van der Waals surface area (Å²) in [7, 11) is 3.57. The van der Waals surface area contributed by atoms with Gasteiger partial charge in [-0.3, -0.25) is 0 Å². The third-order valence-corrected chi connectivity index (χ3v) is 3.98. The Morgan fingerprint density at radius 1 is 1.21 bits per heavy atom. The summed E-state index contributed by atoms with van der Waals surface area (Å²) >= 11 is 18.4. The summed E-state index contributed by atoms with van der Waals surface area (Å²) in [5.41, 5.74) is 1.37. The van der Waals surface area contributed by atoms with Crippen LogP contribution in [0.25, 0.3) is 0 Å². The molecule has 0 radical (unpaired) electrons. The molecular formula is C14H13Cl3FN. The van der Waals surface area contributed by atoms with Crippen molar-refractivity contribution in [1.29, 1.82) is 0 Å². The molecule has 0 aliphatic heterocycles. The minimum atomic E-state index is -0.342. The molecule has 1 aliphatic rings. The Labute approximate surface area is 127 Å². The number of benzene rings is 1. The molecule has 0 bridgehead atoms. The highest BCUT2D eigenvalue weighted by Gasteiger charge is 2.27. The van der Waals surface area contributed by atoms with Gasteiger partial charge >= 0.3 is 0 Å². The van der Waals surface area contributed by atoms with Gasteiger partial charge in [-0.2, -0.15) is 0 Å². The van der Waals surface area contributed by atoms with Crippen LogP contribution in [0.15, 0.2) is 40.4 Å². The van der Waals surface area contributed by atoms with Crippen LogP contribution in [-0.2, 0) is 0 Å². The molecule has 0 amide bonds. The van der Waals surface area contributed by atoms with Crippen molar-refractivity contribution in [2.75, 3.05) is 19.0 Å². The van der Waals surface area contributed by atoms with E-state index in [1.165, 1.54) is 6.07 Å². The highest BCUT2D eigenvalue weighted by molar-refractivity contribution is 6.37. The van der Waals surface area contributed by atoms with E-state index in [-0.39, 0.29) is 17.1 Å². The highest BCUT2D eigenvalue weighted by atomic mass is 35.5. The third kappa shape index (κ3) is 3.07. The van der Waals surface area contributed by atoms with Crippen LogP contribution in [0.2, 0.25) is 0 Å². The predicted molar refractivity (Wildman–Crippen MR) is 81.0 cm³/mol. The molecule has 0 N–H and O–H groups in total. The van der Waals surface area contributed by atoms with E-state index in [0.29, 0.717) is 15.8 Å². The number of nitrogens with zero attached hydrogens (tertiary/aromatic N) is 1. The van der Waals surface area contributed by atoms with Gasteiger partial charge in [0, 0.05) is 30.1 Å². The van der Waals surface area contributed by atoms with Crippen LogP contribution in [0, 0.1) is 5.82 Å². The van der Waals surface area contributed by atoms with Crippen molar-refractivity contribution in [3.8, 4) is 0 Å². The predicted octanol–water partition coefficient (Wildman–Crippen LogP) is 4.84. The Morgan fingerprint density at radius 2 is 1.89 bits per heavy atom. The maximum atomic E-state index is 13.7. The lowest BCUT2D eigenvalue weighted by atomic mass is 9.91. The van der Waals surface area contributed by atoms with E-state index in [1.54, 1.807) is 43.3 Å².